The molecule has 4 N–H and O–H groups in total. The van der Waals surface area contributed by atoms with Crippen molar-refractivity contribution >= 4 is 27.1 Å². The van der Waals surface area contributed by atoms with Crippen molar-refractivity contribution in [1.82, 2.24) is 19.9 Å². The van der Waals surface area contributed by atoms with Gasteiger partial charge >= 0.3 is 5.69 Å². The van der Waals surface area contributed by atoms with Crippen LogP contribution in [0.4, 0.5) is 0 Å². The first-order valence-electron chi connectivity index (χ1n) is 5.26. The Morgan fingerprint density at radius 1 is 1.16 bits per heavy atom. The SMILES string of the molecule is O=c1[nH]c(=O)c2[nH]c(-c3cc(Br)ccc3O)nc2[nH]1. The van der Waals surface area contributed by atoms with E-state index in [1.807, 2.05) is 0 Å². The summed E-state index contributed by atoms with van der Waals surface area (Å²) < 4.78 is 0.753. The van der Waals surface area contributed by atoms with Crippen LogP contribution in [0.25, 0.3) is 22.6 Å². The minimum Gasteiger partial charge on any atom is -0.507 e. The first-order valence-corrected chi connectivity index (χ1v) is 6.05. The van der Waals surface area contributed by atoms with Crippen molar-refractivity contribution in [3.8, 4) is 17.1 Å². The number of rotatable bonds is 1. The fraction of sp³-hybridized carbons (Fsp3) is 0. The van der Waals surface area contributed by atoms with Crippen molar-refractivity contribution in [2.75, 3.05) is 0 Å². The zero-order chi connectivity index (χ0) is 13.6. The van der Waals surface area contributed by atoms with Crippen molar-refractivity contribution in [2.24, 2.45) is 0 Å². The van der Waals surface area contributed by atoms with Crippen molar-refractivity contribution in [3.63, 3.8) is 0 Å². The third kappa shape index (κ3) is 1.95. The van der Waals surface area contributed by atoms with Gasteiger partial charge < -0.3 is 10.1 Å². The summed E-state index contributed by atoms with van der Waals surface area (Å²) in [5.74, 6) is 0.308. The number of nitrogens with zero attached hydrogens (tertiary/aromatic N) is 1. The number of halogens is 1. The standard InChI is InChI=1S/C11H7BrN4O3/c12-4-1-2-6(17)5(3-4)8-13-7-9(14-8)15-11(19)16-10(7)18/h1-3,17H,(H3,13,14,15,16,18,19). The van der Waals surface area contributed by atoms with E-state index in [-0.39, 0.29) is 16.9 Å². The molecule has 0 radical (unpaired) electrons. The Morgan fingerprint density at radius 3 is 2.74 bits per heavy atom. The quantitative estimate of drug-likeness (QED) is 0.536. The maximum Gasteiger partial charge on any atom is 0.327 e. The highest BCUT2D eigenvalue weighted by molar-refractivity contribution is 9.10. The van der Waals surface area contributed by atoms with Gasteiger partial charge in [-0.3, -0.25) is 14.8 Å². The van der Waals surface area contributed by atoms with Crippen molar-refractivity contribution in [2.45, 2.75) is 0 Å². The molecule has 96 valence electrons. The number of benzene rings is 1. The second-order valence-electron chi connectivity index (χ2n) is 3.88. The topological polar surface area (TPSA) is 115 Å². The molecule has 3 aromatic rings. The molecule has 0 aliphatic carbocycles. The van der Waals surface area contributed by atoms with Crippen molar-refractivity contribution in [1.29, 1.82) is 0 Å². The van der Waals surface area contributed by atoms with Crippen LogP contribution >= 0.6 is 15.9 Å². The fourth-order valence-electron chi connectivity index (χ4n) is 1.76. The van der Waals surface area contributed by atoms with E-state index in [1.165, 1.54) is 6.07 Å². The van der Waals surface area contributed by atoms with E-state index in [0.29, 0.717) is 11.4 Å². The van der Waals surface area contributed by atoms with Gasteiger partial charge in [-0.25, -0.2) is 9.78 Å². The molecular weight excluding hydrogens is 316 g/mol. The molecule has 0 spiro atoms. The normalized spacial score (nSPS) is 11.0. The van der Waals surface area contributed by atoms with Gasteiger partial charge in [-0.1, -0.05) is 15.9 Å². The Hall–Kier alpha value is -2.35. The van der Waals surface area contributed by atoms with Gasteiger partial charge in [0, 0.05) is 4.47 Å². The number of aromatic amines is 3. The highest BCUT2D eigenvalue weighted by atomic mass is 79.9. The second kappa shape index (κ2) is 4.09. The fourth-order valence-corrected chi connectivity index (χ4v) is 2.12. The van der Waals surface area contributed by atoms with Crippen LogP contribution in [0, 0.1) is 0 Å². The van der Waals surface area contributed by atoms with Crippen molar-refractivity contribution < 1.29 is 5.11 Å². The number of aromatic hydroxyl groups is 1. The third-order valence-corrected chi connectivity index (χ3v) is 3.10. The molecule has 0 aliphatic rings. The summed E-state index contributed by atoms with van der Waals surface area (Å²) in [6.07, 6.45) is 0. The van der Waals surface area contributed by atoms with Crippen LogP contribution in [0.1, 0.15) is 0 Å². The molecule has 0 fully saturated rings. The number of fused-ring (bicyclic) bond motifs is 1. The Balaban J connectivity index is 2.32. The molecular formula is C11H7BrN4O3. The zero-order valence-electron chi connectivity index (χ0n) is 9.32. The van der Waals surface area contributed by atoms with Gasteiger partial charge in [0.05, 0.1) is 5.56 Å². The number of nitrogens with one attached hydrogen (secondary N) is 3. The number of hydrogen-bond donors (Lipinski definition) is 4. The Morgan fingerprint density at radius 2 is 1.95 bits per heavy atom. The Kier molecular flexibility index (Phi) is 2.53. The number of imidazole rings is 1. The van der Waals surface area contributed by atoms with E-state index in [4.69, 9.17) is 0 Å². The zero-order valence-corrected chi connectivity index (χ0v) is 10.9. The Labute approximate surface area is 113 Å². The molecule has 0 amide bonds. The summed E-state index contributed by atoms with van der Waals surface area (Å²) in [5.41, 5.74) is -0.482. The second-order valence-corrected chi connectivity index (χ2v) is 4.79. The number of H-pyrrole nitrogens is 3. The summed E-state index contributed by atoms with van der Waals surface area (Å²) >= 11 is 3.29. The molecule has 2 heterocycles. The highest BCUT2D eigenvalue weighted by Gasteiger charge is 2.12. The molecule has 0 atom stereocenters. The van der Waals surface area contributed by atoms with E-state index >= 15 is 0 Å². The van der Waals surface area contributed by atoms with Crippen molar-refractivity contribution in [3.05, 3.63) is 43.5 Å². The van der Waals surface area contributed by atoms with Crippen LogP contribution in [0.15, 0.2) is 32.3 Å². The first kappa shape index (κ1) is 11.7. The molecule has 0 saturated carbocycles. The Bertz CT molecular complexity index is 893. The molecule has 2 aromatic heterocycles. The third-order valence-electron chi connectivity index (χ3n) is 2.60. The number of phenolic OH excluding ortho intramolecular Hbond substituents is 1. The molecule has 3 rings (SSSR count). The van der Waals surface area contributed by atoms with Crippen LogP contribution in [0.5, 0.6) is 5.75 Å². The van der Waals surface area contributed by atoms with Gasteiger partial charge in [-0.05, 0) is 18.2 Å². The summed E-state index contributed by atoms with van der Waals surface area (Å²) in [7, 11) is 0. The molecule has 19 heavy (non-hydrogen) atoms. The lowest BCUT2D eigenvalue weighted by atomic mass is 10.2. The lowest BCUT2D eigenvalue weighted by molar-refractivity contribution is 0.477. The lowest BCUT2D eigenvalue weighted by Gasteiger charge is -2.00. The van der Waals surface area contributed by atoms with Gasteiger partial charge in [-0.15, -0.1) is 0 Å². The maximum atomic E-state index is 11.6. The number of hydrogen-bond acceptors (Lipinski definition) is 4. The van der Waals surface area contributed by atoms with Crippen LogP contribution < -0.4 is 11.2 Å². The highest BCUT2D eigenvalue weighted by Crippen LogP contribution is 2.30. The van der Waals surface area contributed by atoms with Gasteiger partial charge in [0.1, 0.15) is 17.1 Å². The van der Waals surface area contributed by atoms with E-state index in [2.05, 4.69) is 35.9 Å². The minimum absolute atomic E-state index is 0.0148. The summed E-state index contributed by atoms with van der Waals surface area (Å²) in [6, 6.07) is 4.83. The maximum absolute atomic E-state index is 11.6. The largest absolute Gasteiger partial charge is 0.507 e. The number of aromatic nitrogens is 4. The van der Waals surface area contributed by atoms with E-state index in [0.717, 1.165) is 4.47 Å². The van der Waals surface area contributed by atoms with E-state index in [1.54, 1.807) is 12.1 Å². The van der Waals surface area contributed by atoms with Crippen LogP contribution in [0.3, 0.4) is 0 Å². The molecule has 0 bridgehead atoms. The lowest BCUT2D eigenvalue weighted by Crippen LogP contribution is -2.21. The molecule has 7 nitrogen and oxygen atoms in total. The number of phenols is 1. The first-order chi connectivity index (χ1) is 9.04. The van der Waals surface area contributed by atoms with Crippen LogP contribution in [-0.2, 0) is 0 Å². The minimum atomic E-state index is -0.631. The average molecular weight is 323 g/mol. The average Bonchev–Trinajstić information content (AvgIpc) is 2.76. The van der Waals surface area contributed by atoms with Gasteiger partial charge in [0.2, 0.25) is 0 Å². The predicted octanol–water partition coefficient (Wildman–Crippen LogP) is 1.07. The molecule has 0 saturated heterocycles. The van der Waals surface area contributed by atoms with Crippen LogP contribution in [0.2, 0.25) is 0 Å². The van der Waals surface area contributed by atoms with Gasteiger partial charge in [0.15, 0.2) is 5.65 Å². The predicted molar refractivity (Wildman–Crippen MR) is 72.1 cm³/mol. The summed E-state index contributed by atoms with van der Waals surface area (Å²) in [6.45, 7) is 0. The van der Waals surface area contributed by atoms with E-state index in [9.17, 15) is 14.7 Å². The monoisotopic (exact) mass is 322 g/mol. The van der Waals surface area contributed by atoms with E-state index < -0.39 is 11.2 Å². The van der Waals surface area contributed by atoms with Gasteiger partial charge in [-0.2, -0.15) is 0 Å². The molecule has 1 aromatic carbocycles. The molecule has 0 aliphatic heterocycles. The summed E-state index contributed by atoms with van der Waals surface area (Å²) in [4.78, 5) is 34.1. The molecule has 0 unspecified atom stereocenters. The van der Waals surface area contributed by atoms with Crippen LogP contribution in [-0.4, -0.2) is 25.0 Å². The van der Waals surface area contributed by atoms with Gasteiger partial charge in [0.25, 0.3) is 5.56 Å². The smallest absolute Gasteiger partial charge is 0.327 e. The molecule has 8 heteroatoms. The summed E-state index contributed by atoms with van der Waals surface area (Å²) in [5, 5.41) is 9.80.